The fraction of sp³-hybridized carbons (Fsp3) is 0. The first-order chi connectivity index (χ1) is 22.8. The molecule has 10 rings (SSSR count). The van der Waals surface area contributed by atoms with Gasteiger partial charge in [0, 0.05) is 21.7 Å². The van der Waals surface area contributed by atoms with E-state index in [1.165, 1.54) is 38.2 Å². The average Bonchev–Trinajstić information content (AvgIpc) is 3.52. The lowest BCUT2D eigenvalue weighted by molar-refractivity contribution is 0.487. The number of hydrogen-bond acceptors (Lipinski definition) is 2. The van der Waals surface area contributed by atoms with Crippen molar-refractivity contribution in [1.29, 1.82) is 0 Å². The molecule has 0 atom stereocenters. The molecule has 1 aliphatic heterocycles. The molecule has 46 heavy (non-hydrogen) atoms. The molecule has 214 valence electrons. The van der Waals surface area contributed by atoms with Gasteiger partial charge in [-0.15, -0.1) is 0 Å². The second-order valence-corrected chi connectivity index (χ2v) is 12.1. The van der Waals surface area contributed by atoms with Gasteiger partial charge in [-0.05, 0) is 104 Å². The van der Waals surface area contributed by atoms with Gasteiger partial charge in [-0.3, -0.25) is 0 Å². The van der Waals surface area contributed by atoms with Crippen molar-refractivity contribution in [2.75, 3.05) is 0 Å². The van der Waals surface area contributed by atoms with Crippen molar-refractivity contribution in [2.24, 2.45) is 0 Å². The second-order valence-electron chi connectivity index (χ2n) is 12.1. The van der Waals surface area contributed by atoms with Crippen LogP contribution in [0.15, 0.2) is 162 Å². The molecule has 0 aliphatic carbocycles. The van der Waals surface area contributed by atoms with E-state index in [-0.39, 0.29) is 0 Å². The van der Waals surface area contributed by atoms with Crippen LogP contribution in [0.25, 0.3) is 88.0 Å². The van der Waals surface area contributed by atoms with Gasteiger partial charge in [-0.1, -0.05) is 109 Å². The number of ether oxygens (including phenoxy) is 1. The van der Waals surface area contributed by atoms with Crippen LogP contribution in [0.5, 0.6) is 11.5 Å². The highest BCUT2D eigenvalue weighted by Crippen LogP contribution is 2.48. The lowest BCUT2D eigenvalue weighted by Crippen LogP contribution is -1.97. The summed E-state index contributed by atoms with van der Waals surface area (Å²) in [6.45, 7) is 0. The minimum Gasteiger partial charge on any atom is -0.456 e. The zero-order valence-electron chi connectivity index (χ0n) is 24.8. The van der Waals surface area contributed by atoms with Gasteiger partial charge in [0.05, 0.1) is 0 Å². The van der Waals surface area contributed by atoms with Gasteiger partial charge < -0.3 is 9.15 Å². The molecule has 0 amide bonds. The third kappa shape index (κ3) is 3.77. The fourth-order valence-corrected chi connectivity index (χ4v) is 7.32. The average molecular weight is 587 g/mol. The van der Waals surface area contributed by atoms with Gasteiger partial charge in [0.15, 0.2) is 0 Å². The van der Waals surface area contributed by atoms with Crippen molar-refractivity contribution in [1.82, 2.24) is 0 Å². The first-order valence-corrected chi connectivity index (χ1v) is 15.7. The number of benzene rings is 8. The summed E-state index contributed by atoms with van der Waals surface area (Å²) in [5, 5.41) is 7.07. The van der Waals surface area contributed by atoms with E-state index >= 15 is 0 Å². The zero-order chi connectivity index (χ0) is 30.2. The van der Waals surface area contributed by atoms with Crippen molar-refractivity contribution >= 4 is 43.5 Å². The summed E-state index contributed by atoms with van der Waals surface area (Å²) in [4.78, 5) is 0. The first kappa shape index (κ1) is 25.2. The van der Waals surface area contributed by atoms with Crippen LogP contribution in [0.2, 0.25) is 0 Å². The molecular weight excluding hydrogens is 560 g/mol. The summed E-state index contributed by atoms with van der Waals surface area (Å²) in [6, 6.07) is 56.2. The smallest absolute Gasteiger partial charge is 0.136 e. The molecule has 9 aromatic rings. The van der Waals surface area contributed by atoms with Gasteiger partial charge in [0.1, 0.15) is 22.7 Å². The van der Waals surface area contributed by atoms with E-state index < -0.39 is 0 Å². The summed E-state index contributed by atoms with van der Waals surface area (Å²) < 4.78 is 12.9. The summed E-state index contributed by atoms with van der Waals surface area (Å²) >= 11 is 0. The zero-order valence-corrected chi connectivity index (χ0v) is 24.8. The summed E-state index contributed by atoms with van der Waals surface area (Å²) in [5.41, 5.74) is 11.1. The Labute approximate surface area is 265 Å². The Kier molecular flexibility index (Phi) is 5.31. The molecule has 0 saturated heterocycles. The number of hydrogen-bond donors (Lipinski definition) is 0. The van der Waals surface area contributed by atoms with Crippen LogP contribution in [0.4, 0.5) is 0 Å². The number of fused-ring (bicyclic) bond motifs is 7. The van der Waals surface area contributed by atoms with Gasteiger partial charge in [0.2, 0.25) is 0 Å². The molecule has 0 fully saturated rings. The van der Waals surface area contributed by atoms with Gasteiger partial charge in [-0.2, -0.15) is 0 Å². The molecule has 0 bridgehead atoms. The lowest BCUT2D eigenvalue weighted by Gasteiger charge is -2.22. The largest absolute Gasteiger partial charge is 0.456 e. The highest BCUT2D eigenvalue weighted by molar-refractivity contribution is 6.22. The van der Waals surface area contributed by atoms with E-state index in [9.17, 15) is 0 Å². The molecule has 2 heterocycles. The van der Waals surface area contributed by atoms with Crippen molar-refractivity contribution in [2.45, 2.75) is 0 Å². The fourth-order valence-electron chi connectivity index (χ4n) is 7.32. The molecule has 0 N–H and O–H groups in total. The van der Waals surface area contributed by atoms with Gasteiger partial charge >= 0.3 is 0 Å². The van der Waals surface area contributed by atoms with E-state index in [2.05, 4.69) is 158 Å². The summed E-state index contributed by atoms with van der Waals surface area (Å²) in [5.74, 6) is 1.80. The predicted octanol–water partition coefficient (Wildman–Crippen LogP) is 12.7. The van der Waals surface area contributed by atoms with Crippen LogP contribution in [-0.2, 0) is 0 Å². The first-order valence-electron chi connectivity index (χ1n) is 15.7. The molecular formula is C44H26O2. The number of rotatable bonds is 3. The molecule has 8 aromatic carbocycles. The lowest BCUT2D eigenvalue weighted by atomic mass is 9.89. The minimum atomic E-state index is 0.885. The maximum atomic E-state index is 6.46. The van der Waals surface area contributed by atoms with Crippen LogP contribution in [-0.4, -0.2) is 0 Å². The quantitative estimate of drug-likeness (QED) is 0.205. The molecule has 1 aromatic heterocycles. The van der Waals surface area contributed by atoms with E-state index in [0.29, 0.717) is 0 Å². The van der Waals surface area contributed by atoms with Crippen LogP contribution in [0.3, 0.4) is 0 Å². The Morgan fingerprint density at radius 2 is 1.04 bits per heavy atom. The van der Waals surface area contributed by atoms with Crippen LogP contribution in [0, 0.1) is 0 Å². The highest BCUT2D eigenvalue weighted by atomic mass is 16.5. The number of furan rings is 1. The van der Waals surface area contributed by atoms with Crippen molar-refractivity contribution in [3.63, 3.8) is 0 Å². The Balaban J connectivity index is 1.23. The molecule has 0 radical (unpaired) electrons. The van der Waals surface area contributed by atoms with Gasteiger partial charge in [-0.25, -0.2) is 0 Å². The predicted molar refractivity (Wildman–Crippen MR) is 191 cm³/mol. The van der Waals surface area contributed by atoms with Crippen molar-refractivity contribution in [3.8, 4) is 56.0 Å². The third-order valence-electron chi connectivity index (χ3n) is 9.43. The second kappa shape index (κ2) is 9.69. The SMILES string of the molecule is c1ccc(-c2cc(-c3ccc4c(c3)-c3cccc5cccc(c35)O4)cc(-c3cccc4oc5ccc6ccccc6c5c34)c2)cc1. The van der Waals surface area contributed by atoms with Crippen molar-refractivity contribution < 1.29 is 9.15 Å². The standard InChI is InChI=1S/C44H26O2/c1-2-9-27(10-3-1)31-23-32(30-20-21-38-37(26-30)36-16-6-12-29-13-7-17-39(45-38)42(29)36)25-33(24-31)35-15-8-18-40-44(35)43-34-14-5-4-11-28(34)19-22-41(43)46-40/h1-26H. The summed E-state index contributed by atoms with van der Waals surface area (Å²) in [6.07, 6.45) is 0. The molecule has 0 saturated carbocycles. The Bertz CT molecular complexity index is 2660. The monoisotopic (exact) mass is 586 g/mol. The molecule has 2 heteroatoms. The van der Waals surface area contributed by atoms with Crippen LogP contribution < -0.4 is 4.74 Å². The van der Waals surface area contributed by atoms with E-state index in [0.717, 1.165) is 61.3 Å². The van der Waals surface area contributed by atoms with Crippen molar-refractivity contribution in [3.05, 3.63) is 158 Å². The summed E-state index contributed by atoms with van der Waals surface area (Å²) in [7, 11) is 0. The Morgan fingerprint density at radius 3 is 1.96 bits per heavy atom. The normalized spacial score (nSPS) is 12.1. The van der Waals surface area contributed by atoms with Crippen LogP contribution >= 0.6 is 0 Å². The van der Waals surface area contributed by atoms with Crippen LogP contribution in [0.1, 0.15) is 0 Å². The van der Waals surface area contributed by atoms with E-state index in [4.69, 9.17) is 9.15 Å². The molecule has 0 spiro atoms. The minimum absolute atomic E-state index is 0.885. The molecule has 0 unspecified atom stereocenters. The Hall–Kier alpha value is -6.12. The topological polar surface area (TPSA) is 22.4 Å². The van der Waals surface area contributed by atoms with E-state index in [1.54, 1.807) is 0 Å². The molecule has 1 aliphatic rings. The third-order valence-corrected chi connectivity index (χ3v) is 9.43. The van der Waals surface area contributed by atoms with E-state index in [1.807, 2.05) is 0 Å². The molecule has 2 nitrogen and oxygen atoms in total. The van der Waals surface area contributed by atoms with Gasteiger partial charge in [0.25, 0.3) is 0 Å². The Morgan fingerprint density at radius 1 is 0.326 bits per heavy atom. The maximum Gasteiger partial charge on any atom is 0.136 e. The highest BCUT2D eigenvalue weighted by Gasteiger charge is 2.21. The maximum absolute atomic E-state index is 6.46.